The molecule has 20 heavy (non-hydrogen) atoms. The number of hydrogen-bond acceptors (Lipinski definition) is 5. The van der Waals surface area contributed by atoms with Gasteiger partial charge in [-0.3, -0.25) is 4.98 Å². The molecule has 3 rings (SSSR count). The first-order chi connectivity index (χ1) is 9.72. The first-order valence-electron chi connectivity index (χ1n) is 6.92. The third kappa shape index (κ3) is 2.77. The molecule has 1 aliphatic heterocycles. The van der Waals surface area contributed by atoms with Crippen molar-refractivity contribution in [3.63, 3.8) is 0 Å². The van der Waals surface area contributed by atoms with Gasteiger partial charge in [0.05, 0.1) is 5.69 Å². The number of hydrogen-bond donors (Lipinski definition) is 0. The largest absolute Gasteiger partial charge is 0.338 e. The number of rotatable bonds is 2. The molecule has 0 atom stereocenters. The van der Waals surface area contributed by atoms with Gasteiger partial charge < -0.3 is 9.80 Å². The summed E-state index contributed by atoms with van der Waals surface area (Å²) < 4.78 is 0. The molecule has 3 heterocycles. The number of aryl methyl sites for hydroxylation is 1. The van der Waals surface area contributed by atoms with E-state index in [4.69, 9.17) is 0 Å². The van der Waals surface area contributed by atoms with Crippen molar-refractivity contribution in [2.24, 2.45) is 0 Å². The number of piperazine rings is 1. The lowest BCUT2D eigenvalue weighted by Gasteiger charge is -2.32. The molecule has 1 fully saturated rings. The molecule has 0 saturated carbocycles. The normalized spacial score (nSPS) is 16.4. The molecule has 0 spiro atoms. The van der Waals surface area contributed by atoms with Crippen LogP contribution in [0.5, 0.6) is 0 Å². The summed E-state index contributed by atoms with van der Waals surface area (Å²) in [6.07, 6.45) is 3.73. The molecule has 5 nitrogen and oxygen atoms in total. The third-order valence-electron chi connectivity index (χ3n) is 3.61. The van der Waals surface area contributed by atoms with Gasteiger partial charge in [0.2, 0.25) is 5.95 Å². The van der Waals surface area contributed by atoms with Crippen LogP contribution < -0.4 is 4.90 Å². The Kier molecular flexibility index (Phi) is 3.60. The van der Waals surface area contributed by atoms with Gasteiger partial charge in [-0.25, -0.2) is 9.97 Å². The first-order valence-corrected chi connectivity index (χ1v) is 6.92. The Morgan fingerprint density at radius 3 is 2.35 bits per heavy atom. The highest BCUT2D eigenvalue weighted by Gasteiger charge is 2.16. The van der Waals surface area contributed by atoms with Crippen LogP contribution in [0.25, 0.3) is 11.3 Å². The van der Waals surface area contributed by atoms with Crippen molar-refractivity contribution in [2.45, 2.75) is 6.92 Å². The molecule has 0 aromatic carbocycles. The monoisotopic (exact) mass is 269 g/mol. The molecule has 0 aliphatic carbocycles. The average Bonchev–Trinajstić information content (AvgIpc) is 2.48. The molecular weight excluding hydrogens is 250 g/mol. The van der Waals surface area contributed by atoms with Gasteiger partial charge in [0, 0.05) is 49.8 Å². The van der Waals surface area contributed by atoms with Crippen molar-refractivity contribution < 1.29 is 0 Å². The van der Waals surface area contributed by atoms with E-state index in [0.29, 0.717) is 0 Å². The van der Waals surface area contributed by atoms with Crippen LogP contribution in [-0.2, 0) is 0 Å². The zero-order valence-corrected chi connectivity index (χ0v) is 12.0. The van der Waals surface area contributed by atoms with Gasteiger partial charge in [0.25, 0.3) is 0 Å². The summed E-state index contributed by atoms with van der Waals surface area (Å²) in [5, 5.41) is 0. The van der Waals surface area contributed by atoms with E-state index < -0.39 is 0 Å². The Morgan fingerprint density at radius 2 is 1.70 bits per heavy atom. The number of likely N-dealkylation sites (N-methyl/N-ethyl adjacent to an activating group) is 1. The van der Waals surface area contributed by atoms with Crippen LogP contribution in [-0.4, -0.2) is 53.1 Å². The highest BCUT2D eigenvalue weighted by molar-refractivity contribution is 5.57. The quantitative estimate of drug-likeness (QED) is 0.828. The standard InChI is InChI=1S/C15H19N5/c1-12-4-3-5-14(18-12)13-10-16-15(17-11-13)20-8-6-19(2)7-9-20/h3-5,10-11H,6-9H2,1-2H3. The molecule has 0 bridgehead atoms. The second kappa shape index (κ2) is 5.54. The number of pyridine rings is 1. The summed E-state index contributed by atoms with van der Waals surface area (Å²) in [6, 6.07) is 5.98. The van der Waals surface area contributed by atoms with Crippen molar-refractivity contribution in [1.29, 1.82) is 0 Å². The molecule has 0 radical (unpaired) electrons. The molecule has 0 N–H and O–H groups in total. The van der Waals surface area contributed by atoms with Crippen molar-refractivity contribution in [3.05, 3.63) is 36.3 Å². The number of anilines is 1. The van der Waals surface area contributed by atoms with E-state index in [-0.39, 0.29) is 0 Å². The van der Waals surface area contributed by atoms with Crippen molar-refractivity contribution in [1.82, 2.24) is 19.9 Å². The minimum absolute atomic E-state index is 0.814. The number of aromatic nitrogens is 3. The van der Waals surface area contributed by atoms with Crippen molar-refractivity contribution >= 4 is 5.95 Å². The maximum Gasteiger partial charge on any atom is 0.225 e. The molecule has 1 aliphatic rings. The fourth-order valence-corrected chi connectivity index (χ4v) is 2.33. The summed E-state index contributed by atoms with van der Waals surface area (Å²) in [5.41, 5.74) is 2.90. The Balaban J connectivity index is 1.78. The first kappa shape index (κ1) is 13.0. The maximum absolute atomic E-state index is 4.50. The van der Waals surface area contributed by atoms with Gasteiger partial charge in [-0.1, -0.05) is 6.07 Å². The van der Waals surface area contributed by atoms with E-state index in [1.165, 1.54) is 0 Å². The van der Waals surface area contributed by atoms with Crippen LogP contribution in [0, 0.1) is 6.92 Å². The minimum atomic E-state index is 0.814. The van der Waals surface area contributed by atoms with Gasteiger partial charge in [-0.15, -0.1) is 0 Å². The van der Waals surface area contributed by atoms with Gasteiger partial charge in [-0.2, -0.15) is 0 Å². The van der Waals surface area contributed by atoms with Crippen LogP contribution in [0.2, 0.25) is 0 Å². The van der Waals surface area contributed by atoms with Crippen LogP contribution in [0.1, 0.15) is 5.69 Å². The lowest BCUT2D eigenvalue weighted by Crippen LogP contribution is -2.45. The molecule has 0 unspecified atom stereocenters. The van der Waals surface area contributed by atoms with Gasteiger partial charge in [-0.05, 0) is 26.1 Å². The van der Waals surface area contributed by atoms with Crippen LogP contribution >= 0.6 is 0 Å². The van der Waals surface area contributed by atoms with E-state index >= 15 is 0 Å². The highest BCUT2D eigenvalue weighted by Crippen LogP contribution is 2.17. The summed E-state index contributed by atoms with van der Waals surface area (Å²) in [4.78, 5) is 18.0. The summed E-state index contributed by atoms with van der Waals surface area (Å²) >= 11 is 0. The van der Waals surface area contributed by atoms with E-state index in [0.717, 1.165) is 49.1 Å². The van der Waals surface area contributed by atoms with Crippen molar-refractivity contribution in [2.75, 3.05) is 38.1 Å². The Hall–Kier alpha value is -2.01. The summed E-state index contributed by atoms with van der Waals surface area (Å²) in [7, 11) is 2.14. The molecule has 104 valence electrons. The smallest absolute Gasteiger partial charge is 0.225 e. The maximum atomic E-state index is 4.50. The lowest BCUT2D eigenvalue weighted by atomic mass is 10.2. The highest BCUT2D eigenvalue weighted by atomic mass is 15.3. The SMILES string of the molecule is Cc1cccc(-c2cnc(N3CCN(C)CC3)nc2)n1. The van der Waals surface area contributed by atoms with Crippen LogP contribution in [0.3, 0.4) is 0 Å². The van der Waals surface area contributed by atoms with Crippen LogP contribution in [0.4, 0.5) is 5.95 Å². The fraction of sp³-hybridized carbons (Fsp3) is 0.400. The molecule has 5 heteroatoms. The van der Waals surface area contributed by atoms with Crippen LogP contribution in [0.15, 0.2) is 30.6 Å². The zero-order chi connectivity index (χ0) is 13.9. The van der Waals surface area contributed by atoms with E-state index in [1.807, 2.05) is 37.5 Å². The predicted octanol–water partition coefficient (Wildman–Crippen LogP) is 1.60. The third-order valence-corrected chi connectivity index (χ3v) is 3.61. The minimum Gasteiger partial charge on any atom is -0.338 e. The molecule has 2 aromatic rings. The molecule has 2 aromatic heterocycles. The van der Waals surface area contributed by atoms with E-state index in [9.17, 15) is 0 Å². The zero-order valence-electron chi connectivity index (χ0n) is 12.0. The molecular formula is C15H19N5. The van der Waals surface area contributed by atoms with E-state index in [1.54, 1.807) is 0 Å². The van der Waals surface area contributed by atoms with Gasteiger partial charge in [0.15, 0.2) is 0 Å². The summed E-state index contributed by atoms with van der Waals surface area (Å²) in [6.45, 7) is 6.08. The number of nitrogens with zero attached hydrogens (tertiary/aromatic N) is 5. The van der Waals surface area contributed by atoms with Gasteiger partial charge in [0.1, 0.15) is 0 Å². The van der Waals surface area contributed by atoms with Gasteiger partial charge >= 0.3 is 0 Å². The predicted molar refractivity (Wildman–Crippen MR) is 79.7 cm³/mol. The van der Waals surface area contributed by atoms with E-state index in [2.05, 4.69) is 31.8 Å². The Bertz CT molecular complexity index is 573. The second-order valence-electron chi connectivity index (χ2n) is 5.23. The average molecular weight is 269 g/mol. The van der Waals surface area contributed by atoms with Crippen molar-refractivity contribution in [3.8, 4) is 11.3 Å². The Morgan fingerprint density at radius 1 is 1.00 bits per heavy atom. The topological polar surface area (TPSA) is 45.2 Å². The molecule has 1 saturated heterocycles. The Labute approximate surface area is 119 Å². The molecule has 0 amide bonds. The summed E-state index contributed by atoms with van der Waals surface area (Å²) in [5.74, 6) is 0.814. The second-order valence-corrected chi connectivity index (χ2v) is 5.23. The fourth-order valence-electron chi connectivity index (χ4n) is 2.33. The lowest BCUT2D eigenvalue weighted by molar-refractivity contribution is 0.311.